The number of aliphatic hydroxyl groups is 1. The number of carboxylic acid groups (broad SMARTS) is 1. The van der Waals surface area contributed by atoms with E-state index in [1.165, 1.54) is 0 Å². The van der Waals surface area contributed by atoms with Gasteiger partial charge >= 0.3 is 0 Å². The van der Waals surface area contributed by atoms with Gasteiger partial charge in [-0.15, -0.1) is 0 Å². The minimum Gasteiger partial charge on any atom is -0.481 e. The van der Waals surface area contributed by atoms with E-state index < -0.39 is 5.97 Å². The average molecular weight is 149 g/mol. The molecule has 62 valence electrons. The summed E-state index contributed by atoms with van der Waals surface area (Å²) < 4.78 is 0. The summed E-state index contributed by atoms with van der Waals surface area (Å²) in [5.74, 6) is -0.833. The van der Waals surface area contributed by atoms with Crippen LogP contribution < -0.4 is 5.73 Å². The lowest BCUT2D eigenvalue weighted by atomic mass is 10.3. The molecule has 1 unspecified atom stereocenters. The molecule has 4 heteroatoms. The van der Waals surface area contributed by atoms with Crippen molar-refractivity contribution in [3.8, 4) is 0 Å². The third kappa shape index (κ3) is 52.8. The quantitative estimate of drug-likeness (QED) is 0.508. The van der Waals surface area contributed by atoms with Crippen LogP contribution in [0.4, 0.5) is 0 Å². The lowest BCUT2D eigenvalue weighted by Crippen LogP contribution is -2.08. The van der Waals surface area contributed by atoms with Crippen LogP contribution in [0.2, 0.25) is 0 Å². The lowest BCUT2D eigenvalue weighted by Gasteiger charge is -1.95. The van der Waals surface area contributed by atoms with Crippen LogP contribution in [-0.4, -0.2) is 28.8 Å². The first kappa shape index (κ1) is 12.1. The molecular formula is C6H15NO3. The lowest BCUT2D eigenvalue weighted by molar-refractivity contribution is -0.134. The van der Waals surface area contributed by atoms with Crippen LogP contribution in [0.1, 0.15) is 20.3 Å². The van der Waals surface area contributed by atoms with Gasteiger partial charge in [-0.2, -0.15) is 0 Å². The first-order valence-corrected chi connectivity index (χ1v) is 3.08. The number of carbonyl (C=O) groups is 1. The number of rotatable bonds is 2. The maximum absolute atomic E-state index is 9.00. The molecular weight excluding hydrogens is 134 g/mol. The Kier molecular flexibility index (Phi) is 10.2. The predicted octanol–water partition coefficient (Wildman–Crippen LogP) is -0.193. The molecule has 0 aromatic rings. The van der Waals surface area contributed by atoms with Crippen LogP contribution in [0.5, 0.6) is 0 Å². The van der Waals surface area contributed by atoms with Gasteiger partial charge in [-0.25, -0.2) is 0 Å². The van der Waals surface area contributed by atoms with Gasteiger partial charge in [0.25, 0.3) is 5.97 Å². The van der Waals surface area contributed by atoms with Crippen LogP contribution in [0.3, 0.4) is 0 Å². The van der Waals surface area contributed by atoms with Gasteiger partial charge in [-0.1, -0.05) is 0 Å². The molecule has 0 aliphatic heterocycles. The zero-order valence-corrected chi connectivity index (χ0v) is 6.37. The molecule has 0 aliphatic carbocycles. The van der Waals surface area contributed by atoms with E-state index in [4.69, 9.17) is 20.7 Å². The molecule has 4 N–H and O–H groups in total. The van der Waals surface area contributed by atoms with Crippen molar-refractivity contribution in [2.24, 2.45) is 5.73 Å². The van der Waals surface area contributed by atoms with E-state index in [0.29, 0.717) is 13.0 Å². The topological polar surface area (TPSA) is 83.5 Å². The largest absolute Gasteiger partial charge is 0.481 e. The van der Waals surface area contributed by atoms with E-state index >= 15 is 0 Å². The predicted molar refractivity (Wildman–Crippen MR) is 38.7 cm³/mol. The van der Waals surface area contributed by atoms with Crippen molar-refractivity contribution in [1.29, 1.82) is 0 Å². The number of carboxylic acids is 1. The Bertz CT molecular complexity index is 79.1. The van der Waals surface area contributed by atoms with Crippen molar-refractivity contribution in [2.75, 3.05) is 6.54 Å². The second-order valence-corrected chi connectivity index (χ2v) is 1.95. The number of hydrogen-bond acceptors (Lipinski definition) is 3. The first-order valence-electron chi connectivity index (χ1n) is 3.08. The van der Waals surface area contributed by atoms with Gasteiger partial charge in [0.1, 0.15) is 0 Å². The Morgan fingerprint density at radius 1 is 1.70 bits per heavy atom. The van der Waals surface area contributed by atoms with E-state index in [1.807, 2.05) is 0 Å². The van der Waals surface area contributed by atoms with Crippen molar-refractivity contribution >= 4 is 5.97 Å². The molecule has 0 aromatic carbocycles. The summed E-state index contributed by atoms with van der Waals surface area (Å²) in [5.41, 5.74) is 5.07. The molecule has 1 atom stereocenters. The number of hydrogen-bond donors (Lipinski definition) is 3. The smallest absolute Gasteiger partial charge is 0.300 e. The second-order valence-electron chi connectivity index (χ2n) is 1.95. The van der Waals surface area contributed by atoms with Crippen LogP contribution in [0.15, 0.2) is 0 Å². The molecule has 0 aliphatic rings. The first-order chi connectivity index (χ1) is 4.50. The molecule has 0 bridgehead atoms. The molecule has 0 saturated heterocycles. The van der Waals surface area contributed by atoms with Crippen molar-refractivity contribution in [3.05, 3.63) is 0 Å². The van der Waals surface area contributed by atoms with E-state index in [9.17, 15) is 0 Å². The fourth-order valence-corrected chi connectivity index (χ4v) is 0.241. The van der Waals surface area contributed by atoms with Gasteiger partial charge in [-0.3, -0.25) is 4.79 Å². The zero-order chi connectivity index (χ0) is 8.57. The molecule has 4 nitrogen and oxygen atoms in total. The maximum atomic E-state index is 9.00. The van der Waals surface area contributed by atoms with Gasteiger partial charge in [-0.05, 0) is 19.9 Å². The minimum absolute atomic E-state index is 0.227. The summed E-state index contributed by atoms with van der Waals surface area (Å²) in [4.78, 5) is 9.00. The van der Waals surface area contributed by atoms with Gasteiger partial charge < -0.3 is 15.9 Å². The van der Waals surface area contributed by atoms with Crippen LogP contribution in [0, 0.1) is 0 Å². The van der Waals surface area contributed by atoms with Gasteiger partial charge in [0.2, 0.25) is 0 Å². The van der Waals surface area contributed by atoms with E-state index in [0.717, 1.165) is 6.92 Å². The zero-order valence-electron chi connectivity index (χ0n) is 6.37. The third-order valence-corrected chi connectivity index (χ3v) is 0.584. The van der Waals surface area contributed by atoms with Gasteiger partial charge in [0.15, 0.2) is 0 Å². The summed E-state index contributed by atoms with van der Waals surface area (Å²) in [5, 5.41) is 15.9. The Hall–Kier alpha value is -0.610. The minimum atomic E-state index is -0.833. The fourth-order valence-electron chi connectivity index (χ4n) is 0.241. The van der Waals surface area contributed by atoms with E-state index in [2.05, 4.69) is 0 Å². The summed E-state index contributed by atoms with van der Waals surface area (Å²) in [6, 6.07) is 0. The standard InChI is InChI=1S/C4H11NO.C2H4O2/c1-4(6)2-3-5;1-2(3)4/h4,6H,2-3,5H2,1H3;1H3,(H,3,4). The molecule has 0 radical (unpaired) electrons. The Morgan fingerprint density at radius 2 is 2.00 bits per heavy atom. The van der Waals surface area contributed by atoms with Crippen LogP contribution in [-0.2, 0) is 4.79 Å². The highest BCUT2D eigenvalue weighted by molar-refractivity contribution is 5.62. The molecule has 0 amide bonds. The van der Waals surface area contributed by atoms with Crippen molar-refractivity contribution < 1.29 is 15.0 Å². The highest BCUT2D eigenvalue weighted by Gasteiger charge is 1.87. The van der Waals surface area contributed by atoms with Crippen LogP contribution in [0.25, 0.3) is 0 Å². The number of aliphatic hydroxyl groups excluding tert-OH is 1. The summed E-state index contributed by atoms with van der Waals surface area (Å²) in [6.45, 7) is 3.39. The monoisotopic (exact) mass is 149 g/mol. The Balaban J connectivity index is 0. The normalized spacial score (nSPS) is 11.2. The van der Waals surface area contributed by atoms with Gasteiger partial charge in [0.05, 0.1) is 6.10 Å². The average Bonchev–Trinajstić information content (AvgIpc) is 1.62. The summed E-state index contributed by atoms with van der Waals surface area (Å²) in [7, 11) is 0. The molecule has 0 rings (SSSR count). The molecule has 0 heterocycles. The SMILES string of the molecule is CC(=O)O.CC(O)CCN. The van der Waals surface area contributed by atoms with Crippen molar-refractivity contribution in [3.63, 3.8) is 0 Å². The molecule has 0 aromatic heterocycles. The van der Waals surface area contributed by atoms with Gasteiger partial charge in [0, 0.05) is 6.92 Å². The highest BCUT2D eigenvalue weighted by atomic mass is 16.4. The second kappa shape index (κ2) is 8.39. The summed E-state index contributed by atoms with van der Waals surface area (Å²) >= 11 is 0. The maximum Gasteiger partial charge on any atom is 0.300 e. The number of aliphatic carboxylic acids is 1. The fraction of sp³-hybridized carbons (Fsp3) is 0.833. The highest BCUT2D eigenvalue weighted by Crippen LogP contribution is 1.81. The van der Waals surface area contributed by atoms with Crippen LogP contribution >= 0.6 is 0 Å². The third-order valence-electron chi connectivity index (χ3n) is 0.584. The van der Waals surface area contributed by atoms with E-state index in [-0.39, 0.29) is 6.10 Å². The van der Waals surface area contributed by atoms with E-state index in [1.54, 1.807) is 6.92 Å². The summed E-state index contributed by atoms with van der Waals surface area (Å²) in [6.07, 6.45) is 0.481. The Morgan fingerprint density at radius 3 is 2.00 bits per heavy atom. The molecule has 0 saturated carbocycles. The Labute approximate surface area is 60.7 Å². The van der Waals surface area contributed by atoms with Crippen molar-refractivity contribution in [1.82, 2.24) is 0 Å². The molecule has 0 spiro atoms. The number of nitrogens with two attached hydrogens (primary N) is 1. The molecule has 10 heavy (non-hydrogen) atoms. The molecule has 0 fully saturated rings. The van der Waals surface area contributed by atoms with Crippen molar-refractivity contribution in [2.45, 2.75) is 26.4 Å².